The molecule has 1 aliphatic rings. The second-order valence-electron chi connectivity index (χ2n) is 5.30. The molecule has 4 heteroatoms. The molecule has 1 aromatic carbocycles. The standard InChI is InChI=1S/C16H19N3O/c1-3-19(12-8-9-12)16(20)15-10-14(17-18-15)13-7-5-4-6-11(13)2/h4-7,10,12H,3,8-9H2,1-2H3,(H,17,18). The summed E-state index contributed by atoms with van der Waals surface area (Å²) in [4.78, 5) is 14.4. The van der Waals surface area contributed by atoms with Crippen LogP contribution in [0, 0.1) is 6.92 Å². The van der Waals surface area contributed by atoms with Gasteiger partial charge in [-0.3, -0.25) is 9.89 Å². The van der Waals surface area contributed by atoms with Crippen LogP contribution in [0.5, 0.6) is 0 Å². The van der Waals surface area contributed by atoms with E-state index in [1.165, 1.54) is 0 Å². The molecule has 1 heterocycles. The van der Waals surface area contributed by atoms with Crippen LogP contribution in [0.4, 0.5) is 0 Å². The molecule has 0 saturated heterocycles. The van der Waals surface area contributed by atoms with Gasteiger partial charge in [-0.15, -0.1) is 0 Å². The normalized spacial score (nSPS) is 14.3. The third-order valence-electron chi connectivity index (χ3n) is 3.82. The van der Waals surface area contributed by atoms with Crippen LogP contribution < -0.4 is 0 Å². The van der Waals surface area contributed by atoms with Crippen molar-refractivity contribution >= 4 is 5.91 Å². The van der Waals surface area contributed by atoms with Gasteiger partial charge < -0.3 is 4.90 Å². The Morgan fingerprint density at radius 1 is 1.40 bits per heavy atom. The van der Waals surface area contributed by atoms with Crippen molar-refractivity contribution in [3.8, 4) is 11.3 Å². The Morgan fingerprint density at radius 3 is 2.80 bits per heavy atom. The van der Waals surface area contributed by atoms with Crippen LogP contribution in [-0.2, 0) is 0 Å². The highest BCUT2D eigenvalue weighted by Crippen LogP contribution is 2.28. The van der Waals surface area contributed by atoms with Crippen molar-refractivity contribution < 1.29 is 4.79 Å². The minimum atomic E-state index is 0.0577. The fraction of sp³-hybridized carbons (Fsp3) is 0.375. The fourth-order valence-electron chi connectivity index (χ4n) is 2.54. The highest BCUT2D eigenvalue weighted by atomic mass is 16.2. The maximum atomic E-state index is 12.4. The quantitative estimate of drug-likeness (QED) is 0.927. The number of benzene rings is 1. The van der Waals surface area contributed by atoms with E-state index < -0.39 is 0 Å². The van der Waals surface area contributed by atoms with E-state index in [-0.39, 0.29) is 5.91 Å². The van der Waals surface area contributed by atoms with Gasteiger partial charge in [0, 0.05) is 18.2 Å². The first-order valence-corrected chi connectivity index (χ1v) is 7.13. The van der Waals surface area contributed by atoms with Crippen LogP contribution >= 0.6 is 0 Å². The van der Waals surface area contributed by atoms with Crippen LogP contribution in [0.25, 0.3) is 11.3 Å². The summed E-state index contributed by atoms with van der Waals surface area (Å²) in [6.07, 6.45) is 2.25. The molecule has 4 nitrogen and oxygen atoms in total. The number of hydrogen-bond donors (Lipinski definition) is 1. The van der Waals surface area contributed by atoms with E-state index in [1.54, 1.807) is 0 Å². The van der Waals surface area contributed by atoms with Gasteiger partial charge in [0.2, 0.25) is 0 Å². The Kier molecular flexibility index (Phi) is 3.30. The van der Waals surface area contributed by atoms with Crippen LogP contribution in [0.1, 0.15) is 35.8 Å². The maximum Gasteiger partial charge on any atom is 0.272 e. The summed E-state index contributed by atoms with van der Waals surface area (Å²) >= 11 is 0. The van der Waals surface area contributed by atoms with Crippen LogP contribution in [0.15, 0.2) is 30.3 Å². The molecule has 0 unspecified atom stereocenters. The first-order valence-electron chi connectivity index (χ1n) is 7.13. The first-order chi connectivity index (χ1) is 9.70. The lowest BCUT2D eigenvalue weighted by Crippen LogP contribution is -2.33. The summed E-state index contributed by atoms with van der Waals surface area (Å²) in [6.45, 7) is 4.82. The smallest absolute Gasteiger partial charge is 0.272 e. The number of H-pyrrole nitrogens is 1. The zero-order valence-corrected chi connectivity index (χ0v) is 11.9. The third-order valence-corrected chi connectivity index (χ3v) is 3.82. The molecule has 1 N–H and O–H groups in total. The largest absolute Gasteiger partial charge is 0.335 e. The number of aromatic nitrogens is 2. The minimum Gasteiger partial charge on any atom is -0.335 e. The monoisotopic (exact) mass is 269 g/mol. The number of amides is 1. The lowest BCUT2D eigenvalue weighted by Gasteiger charge is -2.18. The van der Waals surface area contributed by atoms with Crippen molar-refractivity contribution in [2.75, 3.05) is 6.54 Å². The molecule has 0 atom stereocenters. The summed E-state index contributed by atoms with van der Waals surface area (Å²) < 4.78 is 0. The van der Waals surface area contributed by atoms with Gasteiger partial charge in [0.25, 0.3) is 5.91 Å². The van der Waals surface area contributed by atoms with E-state index in [0.29, 0.717) is 11.7 Å². The third kappa shape index (κ3) is 2.33. The predicted octanol–water partition coefficient (Wildman–Crippen LogP) is 3.01. The van der Waals surface area contributed by atoms with Crippen LogP contribution in [-0.4, -0.2) is 33.6 Å². The van der Waals surface area contributed by atoms with E-state index in [4.69, 9.17) is 0 Å². The topological polar surface area (TPSA) is 49.0 Å². The number of rotatable bonds is 4. The molecule has 20 heavy (non-hydrogen) atoms. The highest BCUT2D eigenvalue weighted by Gasteiger charge is 2.32. The predicted molar refractivity (Wildman–Crippen MR) is 78.5 cm³/mol. The molecule has 3 rings (SSSR count). The Morgan fingerprint density at radius 2 is 2.15 bits per heavy atom. The molecule has 1 amide bonds. The van der Waals surface area contributed by atoms with Gasteiger partial charge in [0.1, 0.15) is 5.69 Å². The van der Waals surface area contributed by atoms with Crippen molar-refractivity contribution in [1.82, 2.24) is 15.1 Å². The van der Waals surface area contributed by atoms with Crippen molar-refractivity contribution in [1.29, 1.82) is 0 Å². The lowest BCUT2D eigenvalue weighted by atomic mass is 10.1. The fourth-order valence-corrected chi connectivity index (χ4v) is 2.54. The summed E-state index contributed by atoms with van der Waals surface area (Å²) in [5.41, 5.74) is 3.64. The highest BCUT2D eigenvalue weighted by molar-refractivity contribution is 5.93. The van der Waals surface area contributed by atoms with E-state index >= 15 is 0 Å². The van der Waals surface area contributed by atoms with Crippen LogP contribution in [0.3, 0.4) is 0 Å². The molecule has 2 aromatic rings. The molecule has 1 fully saturated rings. The number of carbonyl (C=O) groups excluding carboxylic acids is 1. The van der Waals surface area contributed by atoms with Crippen molar-refractivity contribution in [3.63, 3.8) is 0 Å². The lowest BCUT2D eigenvalue weighted by molar-refractivity contribution is 0.0746. The van der Waals surface area contributed by atoms with Gasteiger partial charge in [-0.1, -0.05) is 24.3 Å². The maximum absolute atomic E-state index is 12.4. The van der Waals surface area contributed by atoms with Gasteiger partial charge in [0.15, 0.2) is 0 Å². The number of hydrogen-bond acceptors (Lipinski definition) is 2. The SMILES string of the molecule is CCN(C(=O)c1cc(-c2ccccc2C)n[nH]1)C1CC1. The Balaban J connectivity index is 1.87. The van der Waals surface area contributed by atoms with Gasteiger partial charge >= 0.3 is 0 Å². The molecule has 1 aliphatic carbocycles. The molecule has 104 valence electrons. The van der Waals surface area contributed by atoms with E-state index in [9.17, 15) is 4.79 Å². The van der Waals surface area contributed by atoms with Gasteiger partial charge in [0.05, 0.1) is 5.69 Å². The second-order valence-corrected chi connectivity index (χ2v) is 5.30. The minimum absolute atomic E-state index is 0.0577. The van der Waals surface area contributed by atoms with Crippen molar-refractivity contribution in [3.05, 3.63) is 41.6 Å². The van der Waals surface area contributed by atoms with E-state index in [2.05, 4.69) is 10.2 Å². The summed E-state index contributed by atoms with van der Waals surface area (Å²) in [6, 6.07) is 10.4. The van der Waals surface area contributed by atoms with Crippen molar-refractivity contribution in [2.45, 2.75) is 32.7 Å². The summed E-state index contributed by atoms with van der Waals surface area (Å²) in [5, 5.41) is 7.18. The van der Waals surface area contributed by atoms with E-state index in [0.717, 1.165) is 36.2 Å². The van der Waals surface area contributed by atoms with Gasteiger partial charge in [-0.2, -0.15) is 5.10 Å². The van der Waals surface area contributed by atoms with E-state index in [1.807, 2.05) is 49.1 Å². The number of nitrogens with one attached hydrogen (secondary N) is 1. The molecule has 0 aliphatic heterocycles. The molecule has 1 saturated carbocycles. The second kappa shape index (κ2) is 5.12. The average Bonchev–Trinajstić information content (AvgIpc) is 3.16. The first kappa shape index (κ1) is 12.9. The Hall–Kier alpha value is -2.10. The summed E-state index contributed by atoms with van der Waals surface area (Å²) in [5.74, 6) is 0.0577. The Labute approximate surface area is 118 Å². The Bertz CT molecular complexity index is 628. The van der Waals surface area contributed by atoms with Crippen molar-refractivity contribution in [2.24, 2.45) is 0 Å². The molecule has 0 radical (unpaired) electrons. The molecule has 0 bridgehead atoms. The average molecular weight is 269 g/mol. The van der Waals surface area contributed by atoms with Crippen LogP contribution in [0.2, 0.25) is 0 Å². The molecular formula is C16H19N3O. The molecule has 0 spiro atoms. The number of nitrogens with zero attached hydrogens (tertiary/aromatic N) is 2. The molecule has 1 aromatic heterocycles. The molecular weight excluding hydrogens is 250 g/mol. The summed E-state index contributed by atoms with van der Waals surface area (Å²) in [7, 11) is 0. The number of aryl methyl sites for hydroxylation is 1. The van der Waals surface area contributed by atoms with Gasteiger partial charge in [-0.05, 0) is 38.3 Å². The zero-order valence-electron chi connectivity index (χ0n) is 11.9. The number of aromatic amines is 1. The zero-order chi connectivity index (χ0) is 14.1. The number of carbonyl (C=O) groups is 1. The van der Waals surface area contributed by atoms with Gasteiger partial charge in [-0.25, -0.2) is 0 Å².